The third kappa shape index (κ3) is 2.88. The first-order valence-electron chi connectivity index (χ1n) is 9.39. The summed E-state index contributed by atoms with van der Waals surface area (Å²) in [5.74, 6) is -1.23. The van der Waals surface area contributed by atoms with Gasteiger partial charge >= 0.3 is 0 Å². The van der Waals surface area contributed by atoms with E-state index in [1.165, 1.54) is 6.07 Å². The van der Waals surface area contributed by atoms with Gasteiger partial charge in [-0.3, -0.25) is 9.59 Å². The molecule has 7 heteroatoms. The van der Waals surface area contributed by atoms with E-state index < -0.39 is 17.3 Å². The monoisotopic (exact) mass is 449 g/mol. The van der Waals surface area contributed by atoms with Crippen LogP contribution in [0.15, 0.2) is 45.2 Å². The summed E-state index contributed by atoms with van der Waals surface area (Å²) in [6, 6.07) is 4.63. The summed E-state index contributed by atoms with van der Waals surface area (Å²) in [5, 5.41) is 3.21. The van der Waals surface area contributed by atoms with Gasteiger partial charge in [0.2, 0.25) is 0 Å². The van der Waals surface area contributed by atoms with Crippen LogP contribution in [0, 0.1) is 5.82 Å². The Labute approximate surface area is 171 Å². The number of hydrogen-bond donors (Lipinski definition) is 1. The second kappa shape index (κ2) is 7.21. The predicted octanol–water partition coefficient (Wildman–Crippen LogP) is 3.54. The highest BCUT2D eigenvalue weighted by Gasteiger charge is 2.49. The quantitative estimate of drug-likeness (QED) is 0.764. The molecule has 4 rings (SSSR count). The zero-order chi connectivity index (χ0) is 20.1. The molecule has 0 aliphatic carbocycles. The van der Waals surface area contributed by atoms with Gasteiger partial charge < -0.3 is 14.8 Å². The Morgan fingerprint density at radius 2 is 1.86 bits per heavy atom. The summed E-state index contributed by atoms with van der Waals surface area (Å²) in [7, 11) is 0. The number of benzene rings is 1. The van der Waals surface area contributed by atoms with Crippen molar-refractivity contribution in [3.8, 4) is 0 Å². The van der Waals surface area contributed by atoms with Crippen molar-refractivity contribution in [3.05, 3.63) is 56.6 Å². The van der Waals surface area contributed by atoms with Crippen LogP contribution in [0.3, 0.4) is 0 Å². The Bertz CT molecular complexity index is 932. The molecule has 1 N–H and O–H groups in total. The number of halogens is 2. The smallest absolute Gasteiger partial charge is 0.193 e. The minimum Gasteiger partial charge on any atom is -0.367 e. The summed E-state index contributed by atoms with van der Waals surface area (Å²) in [4.78, 5) is 26.4. The standard InChI is InChI=1S/C21H21BrFNO4/c1-3-21(4-2)20(26)19-15(9-28-21)24-14-8-27-10-16(25)18(14)17(19)11-5-6-13(23)12(22)7-11/h5-7,17,24H,3-4,8-10H2,1-2H3. The van der Waals surface area contributed by atoms with E-state index >= 15 is 0 Å². The number of ketones is 2. The van der Waals surface area contributed by atoms with Crippen molar-refractivity contribution in [3.63, 3.8) is 0 Å². The highest BCUT2D eigenvalue weighted by molar-refractivity contribution is 9.10. The number of hydrogen-bond acceptors (Lipinski definition) is 5. The number of Topliss-reactive ketones (excluding diaryl/α,β-unsaturated/α-hetero) is 2. The summed E-state index contributed by atoms with van der Waals surface area (Å²) < 4.78 is 25.5. The van der Waals surface area contributed by atoms with Crippen LogP contribution in [0.25, 0.3) is 0 Å². The van der Waals surface area contributed by atoms with Gasteiger partial charge in [-0.1, -0.05) is 19.9 Å². The van der Waals surface area contributed by atoms with Crippen LogP contribution in [0.1, 0.15) is 38.2 Å². The summed E-state index contributed by atoms with van der Waals surface area (Å²) in [6.07, 6.45) is 1.09. The van der Waals surface area contributed by atoms with Gasteiger partial charge in [-0.15, -0.1) is 0 Å². The predicted molar refractivity (Wildman–Crippen MR) is 104 cm³/mol. The first-order valence-corrected chi connectivity index (χ1v) is 10.2. The summed E-state index contributed by atoms with van der Waals surface area (Å²) >= 11 is 3.23. The fraction of sp³-hybridized carbons (Fsp3) is 0.429. The maximum Gasteiger partial charge on any atom is 0.193 e. The van der Waals surface area contributed by atoms with Crippen LogP contribution >= 0.6 is 15.9 Å². The number of carbonyl (C=O) groups is 2. The van der Waals surface area contributed by atoms with E-state index in [1.807, 2.05) is 13.8 Å². The summed E-state index contributed by atoms with van der Waals surface area (Å²) in [5.41, 5.74) is 2.17. The molecule has 1 aromatic carbocycles. The Balaban J connectivity index is 1.92. The Morgan fingerprint density at radius 1 is 1.14 bits per heavy atom. The van der Waals surface area contributed by atoms with Gasteiger partial charge in [0.25, 0.3) is 0 Å². The van der Waals surface area contributed by atoms with Crippen LogP contribution < -0.4 is 5.32 Å². The van der Waals surface area contributed by atoms with Crippen LogP contribution in [-0.4, -0.2) is 37.0 Å². The Hall–Kier alpha value is -1.83. The molecular weight excluding hydrogens is 429 g/mol. The van der Waals surface area contributed by atoms with Crippen molar-refractivity contribution in [1.82, 2.24) is 5.32 Å². The molecule has 3 heterocycles. The normalized spacial score (nSPS) is 24.1. The molecule has 1 unspecified atom stereocenters. The van der Waals surface area contributed by atoms with Crippen LogP contribution in [0.2, 0.25) is 0 Å². The van der Waals surface area contributed by atoms with Crippen molar-refractivity contribution in [2.75, 3.05) is 19.8 Å². The second-order valence-electron chi connectivity index (χ2n) is 7.25. The third-order valence-electron chi connectivity index (χ3n) is 5.88. The van der Waals surface area contributed by atoms with Gasteiger partial charge in [0.05, 0.1) is 17.7 Å². The maximum absolute atomic E-state index is 13.9. The lowest BCUT2D eigenvalue weighted by atomic mass is 9.71. The average molecular weight is 450 g/mol. The lowest BCUT2D eigenvalue weighted by Crippen LogP contribution is -2.51. The minimum atomic E-state index is -0.900. The van der Waals surface area contributed by atoms with Crippen molar-refractivity contribution >= 4 is 27.5 Å². The molecule has 3 aliphatic rings. The molecule has 0 saturated heterocycles. The first kappa shape index (κ1) is 19.5. The lowest BCUT2D eigenvalue weighted by molar-refractivity contribution is -0.144. The largest absolute Gasteiger partial charge is 0.367 e. The van der Waals surface area contributed by atoms with Gasteiger partial charge in [0.15, 0.2) is 11.6 Å². The number of nitrogens with one attached hydrogen (secondary N) is 1. The highest BCUT2D eigenvalue weighted by atomic mass is 79.9. The van der Waals surface area contributed by atoms with E-state index in [2.05, 4.69) is 21.2 Å². The molecule has 5 nitrogen and oxygen atoms in total. The molecule has 0 amide bonds. The molecule has 148 valence electrons. The molecule has 3 aliphatic heterocycles. The van der Waals surface area contributed by atoms with Gasteiger partial charge in [-0.25, -0.2) is 4.39 Å². The van der Waals surface area contributed by atoms with Crippen molar-refractivity contribution in [1.29, 1.82) is 0 Å². The fourth-order valence-corrected chi connectivity index (χ4v) is 4.68. The van der Waals surface area contributed by atoms with Gasteiger partial charge in [-0.2, -0.15) is 0 Å². The highest BCUT2D eigenvalue weighted by Crippen LogP contribution is 2.45. The molecule has 0 bridgehead atoms. The zero-order valence-corrected chi connectivity index (χ0v) is 17.3. The van der Waals surface area contributed by atoms with Crippen molar-refractivity contribution in [2.24, 2.45) is 0 Å². The lowest BCUT2D eigenvalue weighted by Gasteiger charge is -2.43. The Kier molecular flexibility index (Phi) is 5.02. The molecule has 0 saturated carbocycles. The summed E-state index contributed by atoms with van der Waals surface area (Å²) in [6.45, 7) is 4.34. The number of ether oxygens (including phenoxy) is 2. The second-order valence-corrected chi connectivity index (χ2v) is 8.11. The van der Waals surface area contributed by atoms with E-state index in [4.69, 9.17) is 9.47 Å². The van der Waals surface area contributed by atoms with Crippen LogP contribution in [0.4, 0.5) is 4.39 Å². The molecule has 28 heavy (non-hydrogen) atoms. The molecule has 1 atom stereocenters. The maximum atomic E-state index is 13.9. The molecular formula is C21H21BrFNO4. The van der Waals surface area contributed by atoms with Crippen molar-refractivity contribution in [2.45, 2.75) is 38.2 Å². The van der Waals surface area contributed by atoms with Crippen molar-refractivity contribution < 1.29 is 23.5 Å². The van der Waals surface area contributed by atoms with Gasteiger partial charge in [0.1, 0.15) is 18.0 Å². The topological polar surface area (TPSA) is 64.6 Å². The van der Waals surface area contributed by atoms with E-state index in [1.54, 1.807) is 12.1 Å². The van der Waals surface area contributed by atoms with Gasteiger partial charge in [0, 0.05) is 28.5 Å². The van der Waals surface area contributed by atoms with Crippen LogP contribution in [-0.2, 0) is 19.1 Å². The van der Waals surface area contributed by atoms with E-state index in [9.17, 15) is 14.0 Å². The fourth-order valence-electron chi connectivity index (χ4n) is 4.28. The molecule has 0 radical (unpaired) electrons. The van der Waals surface area contributed by atoms with Gasteiger partial charge in [-0.05, 0) is 46.5 Å². The molecule has 1 aromatic rings. The van der Waals surface area contributed by atoms with Crippen LogP contribution in [0.5, 0.6) is 0 Å². The third-order valence-corrected chi connectivity index (χ3v) is 6.49. The average Bonchev–Trinajstić information content (AvgIpc) is 2.70. The van der Waals surface area contributed by atoms with E-state index in [0.29, 0.717) is 45.4 Å². The minimum absolute atomic E-state index is 0.0284. The first-order chi connectivity index (χ1) is 13.4. The van der Waals surface area contributed by atoms with E-state index in [-0.39, 0.29) is 31.4 Å². The molecule has 0 spiro atoms. The number of rotatable bonds is 3. The zero-order valence-electron chi connectivity index (χ0n) is 15.7. The molecule has 0 fully saturated rings. The SMILES string of the molecule is CCC1(CC)OCC2=C(C1=O)C(c1ccc(F)c(Br)c1)C1=C(COCC1=O)N2. The molecule has 0 aromatic heterocycles. The Morgan fingerprint density at radius 3 is 2.54 bits per heavy atom. The van der Waals surface area contributed by atoms with E-state index in [0.717, 1.165) is 0 Å². The number of dihydropyridines is 1. The number of carbonyl (C=O) groups excluding carboxylic acids is 2.